The van der Waals surface area contributed by atoms with Gasteiger partial charge in [0.05, 0.1) is 17.3 Å². The smallest absolute Gasteiger partial charge is 0.293 e. The Morgan fingerprint density at radius 1 is 1.36 bits per heavy atom. The summed E-state index contributed by atoms with van der Waals surface area (Å²) in [5.74, 6) is 0. The molecule has 2 rings (SSSR count). The Balaban J connectivity index is 0.000000295. The van der Waals surface area contributed by atoms with E-state index in [1.165, 1.54) is 0 Å². The quantitative estimate of drug-likeness (QED) is 0.849. The molecule has 1 fully saturated rings. The van der Waals surface area contributed by atoms with Crippen LogP contribution in [0.1, 0.15) is 26.3 Å². The summed E-state index contributed by atoms with van der Waals surface area (Å²) in [7, 11) is 3.86. The molecule has 0 radical (unpaired) electrons. The fraction of sp³-hybridized carbons (Fsp3) is 0.562. The van der Waals surface area contributed by atoms with Crippen LogP contribution in [-0.4, -0.2) is 55.4 Å². The van der Waals surface area contributed by atoms with Gasteiger partial charge in [0.15, 0.2) is 0 Å². The van der Waals surface area contributed by atoms with E-state index in [2.05, 4.69) is 19.9 Å². The summed E-state index contributed by atoms with van der Waals surface area (Å²) >= 11 is 0. The molecule has 0 aliphatic carbocycles. The summed E-state index contributed by atoms with van der Waals surface area (Å²) < 4.78 is 4.55. The molecule has 1 aliphatic rings. The highest BCUT2D eigenvalue weighted by molar-refractivity contribution is 5.75. The Morgan fingerprint density at radius 3 is 2.36 bits per heavy atom. The van der Waals surface area contributed by atoms with E-state index in [0.29, 0.717) is 6.47 Å². The van der Waals surface area contributed by atoms with Gasteiger partial charge in [-0.3, -0.25) is 9.78 Å². The maximum absolute atomic E-state index is 11.2. The van der Waals surface area contributed by atoms with Gasteiger partial charge in [0, 0.05) is 26.3 Å². The fourth-order valence-electron chi connectivity index (χ4n) is 2.40. The highest BCUT2D eigenvalue weighted by Crippen LogP contribution is 2.35. The first-order valence-electron chi connectivity index (χ1n) is 7.16. The molecule has 1 aliphatic heterocycles. The van der Waals surface area contributed by atoms with Gasteiger partial charge >= 0.3 is 0 Å². The van der Waals surface area contributed by atoms with Crippen molar-refractivity contribution in [3.05, 3.63) is 24.0 Å². The molecule has 6 nitrogen and oxygen atoms in total. The summed E-state index contributed by atoms with van der Waals surface area (Å²) in [6.07, 6.45) is 4.56. The molecule has 22 heavy (non-hydrogen) atoms. The van der Waals surface area contributed by atoms with E-state index in [1.54, 1.807) is 12.4 Å². The Bertz CT molecular complexity index is 506. The van der Waals surface area contributed by atoms with E-state index >= 15 is 0 Å². The van der Waals surface area contributed by atoms with Crippen molar-refractivity contribution in [1.82, 2.24) is 9.88 Å². The minimum Gasteiger partial charge on any atom is -0.462 e. The number of hydrogen-bond donors (Lipinski definition) is 1. The molecule has 122 valence electrons. The molecule has 2 heterocycles. The number of anilines is 1. The monoisotopic (exact) mass is 307 g/mol. The topological polar surface area (TPSA) is 71.5 Å². The van der Waals surface area contributed by atoms with Gasteiger partial charge in [-0.05, 0) is 39.4 Å². The lowest BCUT2D eigenvalue weighted by Gasteiger charge is -2.45. The Morgan fingerprint density at radius 2 is 2.00 bits per heavy atom. The molecule has 0 amide bonds. The molecular formula is C16H25N3O3. The van der Waals surface area contributed by atoms with Gasteiger partial charge in [-0.15, -0.1) is 0 Å². The van der Waals surface area contributed by atoms with Crippen molar-refractivity contribution < 1.29 is 14.3 Å². The number of pyridine rings is 1. The summed E-state index contributed by atoms with van der Waals surface area (Å²) in [4.78, 5) is 27.0. The molecule has 0 spiro atoms. The molecule has 0 bridgehead atoms. The van der Waals surface area contributed by atoms with E-state index in [-0.39, 0.29) is 11.0 Å². The van der Waals surface area contributed by atoms with Crippen LogP contribution in [0.25, 0.3) is 0 Å². The van der Waals surface area contributed by atoms with Crippen molar-refractivity contribution in [3.63, 3.8) is 0 Å². The van der Waals surface area contributed by atoms with Gasteiger partial charge in [0.1, 0.15) is 11.9 Å². The highest BCUT2D eigenvalue weighted by atomic mass is 16.5. The summed E-state index contributed by atoms with van der Waals surface area (Å²) in [5.41, 5.74) is 1.34. The number of hydrogen-bond acceptors (Lipinski definition) is 6. The van der Waals surface area contributed by atoms with E-state index in [4.69, 9.17) is 0 Å². The SMILES string of the molecule is CC(C)(C)OC=O.CNc1cnccc1C1(C=O)CN(C)C1. The predicted molar refractivity (Wildman–Crippen MR) is 85.9 cm³/mol. The third-order valence-electron chi connectivity index (χ3n) is 3.36. The number of nitrogens with one attached hydrogen (secondary N) is 1. The van der Waals surface area contributed by atoms with Crippen molar-refractivity contribution in [1.29, 1.82) is 0 Å². The van der Waals surface area contributed by atoms with Crippen LogP contribution in [0.5, 0.6) is 0 Å². The van der Waals surface area contributed by atoms with E-state index in [0.717, 1.165) is 30.6 Å². The van der Waals surface area contributed by atoms with Gasteiger partial charge in [-0.2, -0.15) is 0 Å². The number of aromatic nitrogens is 1. The highest BCUT2D eigenvalue weighted by Gasteiger charge is 2.43. The van der Waals surface area contributed by atoms with Crippen molar-refractivity contribution in [2.45, 2.75) is 31.8 Å². The third-order valence-corrected chi connectivity index (χ3v) is 3.36. The van der Waals surface area contributed by atoms with Gasteiger partial charge in [-0.25, -0.2) is 0 Å². The first kappa shape index (κ1) is 18.1. The van der Waals surface area contributed by atoms with Gasteiger partial charge in [0.25, 0.3) is 6.47 Å². The number of carbonyl (C=O) groups is 2. The first-order valence-corrected chi connectivity index (χ1v) is 7.16. The van der Waals surface area contributed by atoms with Crippen LogP contribution in [0.3, 0.4) is 0 Å². The number of ether oxygens (including phenoxy) is 1. The largest absolute Gasteiger partial charge is 0.462 e. The van der Waals surface area contributed by atoms with Gasteiger partial charge in [-0.1, -0.05) is 0 Å². The van der Waals surface area contributed by atoms with Gasteiger partial charge < -0.3 is 19.7 Å². The maximum Gasteiger partial charge on any atom is 0.293 e. The first-order chi connectivity index (χ1) is 10.3. The molecule has 0 unspecified atom stereocenters. The average Bonchev–Trinajstić information content (AvgIpc) is 2.43. The van der Waals surface area contributed by atoms with Crippen LogP contribution in [-0.2, 0) is 19.7 Å². The molecule has 6 heteroatoms. The van der Waals surface area contributed by atoms with Gasteiger partial charge in [0.2, 0.25) is 0 Å². The maximum atomic E-state index is 11.2. The zero-order valence-corrected chi connectivity index (χ0v) is 13.9. The molecule has 0 saturated carbocycles. The second kappa shape index (κ2) is 7.35. The van der Waals surface area contributed by atoms with Crippen molar-refractivity contribution >= 4 is 18.4 Å². The lowest BCUT2D eigenvalue weighted by molar-refractivity contribution is -0.138. The number of carbonyl (C=O) groups excluding carboxylic acids is 2. The molecule has 0 aromatic carbocycles. The number of nitrogens with zero attached hydrogens (tertiary/aromatic N) is 2. The average molecular weight is 307 g/mol. The van der Waals surface area contributed by atoms with Crippen LogP contribution in [0.15, 0.2) is 18.5 Å². The molecule has 1 aromatic heterocycles. The van der Waals surface area contributed by atoms with Crippen molar-refractivity contribution in [3.8, 4) is 0 Å². The lowest BCUT2D eigenvalue weighted by Crippen LogP contribution is -2.58. The Labute approximate surface area is 131 Å². The van der Waals surface area contributed by atoms with Crippen LogP contribution < -0.4 is 5.32 Å². The Kier molecular flexibility index (Phi) is 6.05. The summed E-state index contributed by atoms with van der Waals surface area (Å²) in [6.45, 7) is 7.49. The zero-order valence-electron chi connectivity index (χ0n) is 13.9. The standard InChI is InChI=1S/C11H15N3O.C5H10O2/c1-12-10-5-13-4-3-9(10)11(8-15)6-14(2)7-11;1-5(2,3)7-4-6/h3-5,8,12H,6-7H2,1-2H3;4H,1-3H3. The van der Waals surface area contributed by atoms with Crippen LogP contribution >= 0.6 is 0 Å². The molecule has 1 N–H and O–H groups in total. The Hall–Kier alpha value is -1.95. The number of rotatable bonds is 4. The molecule has 1 saturated heterocycles. The van der Waals surface area contributed by atoms with Crippen LogP contribution in [0, 0.1) is 0 Å². The normalized spacial score (nSPS) is 16.6. The minimum atomic E-state index is -0.337. The predicted octanol–water partition coefficient (Wildman–Crippen LogP) is 1.46. The number of likely N-dealkylation sites (N-methyl/N-ethyl adjacent to an activating group) is 1. The molecular weight excluding hydrogens is 282 g/mol. The second-order valence-corrected chi connectivity index (χ2v) is 6.44. The lowest BCUT2D eigenvalue weighted by atomic mass is 9.75. The van der Waals surface area contributed by atoms with Crippen molar-refractivity contribution in [2.75, 3.05) is 32.5 Å². The third kappa shape index (κ3) is 4.53. The number of aldehydes is 1. The van der Waals surface area contributed by atoms with Crippen LogP contribution in [0.4, 0.5) is 5.69 Å². The fourth-order valence-corrected chi connectivity index (χ4v) is 2.40. The second-order valence-electron chi connectivity index (χ2n) is 6.44. The molecule has 1 aromatic rings. The van der Waals surface area contributed by atoms with Crippen LogP contribution in [0.2, 0.25) is 0 Å². The summed E-state index contributed by atoms with van der Waals surface area (Å²) in [5, 5.41) is 3.08. The van der Waals surface area contributed by atoms with E-state index in [9.17, 15) is 9.59 Å². The zero-order chi connectivity index (χ0) is 16.8. The molecule has 0 atom stereocenters. The minimum absolute atomic E-state index is 0.318. The van der Waals surface area contributed by atoms with E-state index < -0.39 is 0 Å². The number of likely N-dealkylation sites (tertiary alicyclic amines) is 1. The van der Waals surface area contributed by atoms with Crippen molar-refractivity contribution in [2.24, 2.45) is 0 Å². The summed E-state index contributed by atoms with van der Waals surface area (Å²) in [6, 6.07) is 1.92. The van der Waals surface area contributed by atoms with E-state index in [1.807, 2.05) is 40.9 Å².